The highest BCUT2D eigenvalue weighted by Crippen LogP contribution is 2.31. The Kier molecular flexibility index (Phi) is 9.19. The molecule has 1 aliphatic heterocycles. The molecule has 0 radical (unpaired) electrons. The number of ether oxygens (including phenoxy) is 4. The van der Waals surface area contributed by atoms with E-state index in [9.17, 15) is 4.39 Å². The predicted molar refractivity (Wildman–Crippen MR) is 136 cm³/mol. The molecule has 1 unspecified atom stereocenters. The van der Waals surface area contributed by atoms with E-state index in [0.717, 1.165) is 63.4 Å². The number of halogens is 1. The second-order valence-electron chi connectivity index (χ2n) is 9.19. The minimum absolute atomic E-state index is 0.269. The van der Waals surface area contributed by atoms with E-state index < -0.39 is 5.60 Å². The van der Waals surface area contributed by atoms with Gasteiger partial charge in [-0.05, 0) is 61.7 Å². The highest BCUT2D eigenvalue weighted by molar-refractivity contribution is 5.43. The third-order valence-electron chi connectivity index (χ3n) is 6.73. The number of aromatic nitrogens is 2. The topological polar surface area (TPSA) is 58.0 Å². The summed E-state index contributed by atoms with van der Waals surface area (Å²) in [6, 6.07) is 14.6. The van der Waals surface area contributed by atoms with Crippen molar-refractivity contribution in [1.29, 1.82) is 0 Å². The second kappa shape index (κ2) is 12.7. The summed E-state index contributed by atoms with van der Waals surface area (Å²) in [5.41, 5.74) is 0.741. The number of hydrogen-bond acceptors (Lipinski definition) is 6. The minimum atomic E-state index is -0.431. The van der Waals surface area contributed by atoms with E-state index in [4.69, 9.17) is 18.9 Å². The fourth-order valence-corrected chi connectivity index (χ4v) is 4.59. The van der Waals surface area contributed by atoms with Crippen LogP contribution in [0.2, 0.25) is 0 Å². The van der Waals surface area contributed by atoms with Gasteiger partial charge in [-0.1, -0.05) is 18.2 Å². The first-order valence-corrected chi connectivity index (χ1v) is 12.5. The van der Waals surface area contributed by atoms with Crippen molar-refractivity contribution in [3.05, 3.63) is 72.3 Å². The maximum Gasteiger partial charge on any atom is 0.165 e. The molecule has 0 N–H and O–H groups in total. The van der Waals surface area contributed by atoms with Gasteiger partial charge >= 0.3 is 0 Å². The summed E-state index contributed by atoms with van der Waals surface area (Å²) < 4.78 is 39.3. The normalized spacial score (nSPS) is 18.5. The molecule has 1 aliphatic rings. The average Bonchev–Trinajstić information content (AvgIpc) is 3.34. The molecule has 0 amide bonds. The fourth-order valence-electron chi connectivity index (χ4n) is 4.59. The molecule has 3 aromatic rings. The molecule has 194 valence electrons. The molecule has 7 nitrogen and oxygen atoms in total. The molecule has 1 fully saturated rings. The van der Waals surface area contributed by atoms with Crippen LogP contribution in [0, 0.1) is 5.82 Å². The number of hydrogen-bond donors (Lipinski definition) is 0. The van der Waals surface area contributed by atoms with Gasteiger partial charge in [-0.25, -0.2) is 4.39 Å². The molecule has 0 bridgehead atoms. The third-order valence-corrected chi connectivity index (χ3v) is 6.73. The zero-order chi connectivity index (χ0) is 25.2. The van der Waals surface area contributed by atoms with E-state index in [1.807, 2.05) is 23.0 Å². The van der Waals surface area contributed by atoms with Gasteiger partial charge in [0.15, 0.2) is 23.1 Å². The van der Waals surface area contributed by atoms with Crippen LogP contribution in [-0.4, -0.2) is 60.8 Å². The number of para-hydroxylation sites is 1. The molecule has 1 aromatic heterocycles. The Morgan fingerprint density at radius 2 is 1.86 bits per heavy atom. The highest BCUT2D eigenvalue weighted by atomic mass is 19.1. The number of nitrogens with zero attached hydrogens (tertiary/aromatic N) is 3. The Hall–Kier alpha value is -3.10. The quantitative estimate of drug-likeness (QED) is 0.330. The van der Waals surface area contributed by atoms with Crippen LogP contribution in [0.3, 0.4) is 0 Å². The molecular weight excluding hydrogens is 461 g/mol. The van der Waals surface area contributed by atoms with Crippen molar-refractivity contribution in [2.75, 3.05) is 40.5 Å². The lowest BCUT2D eigenvalue weighted by atomic mass is 9.95. The van der Waals surface area contributed by atoms with Gasteiger partial charge in [-0.2, -0.15) is 5.10 Å². The Labute approximate surface area is 212 Å². The number of rotatable bonds is 12. The van der Waals surface area contributed by atoms with Gasteiger partial charge in [0.25, 0.3) is 0 Å². The SMILES string of the molecule is COc1ccc(CN2CCCC(COc3ccccc3F)(OC)CC2)cc1OCCCn1cccn1. The van der Waals surface area contributed by atoms with Crippen LogP contribution in [0.1, 0.15) is 31.2 Å². The lowest BCUT2D eigenvalue weighted by Gasteiger charge is -2.31. The van der Waals surface area contributed by atoms with Crippen LogP contribution in [0.25, 0.3) is 0 Å². The van der Waals surface area contributed by atoms with Gasteiger partial charge < -0.3 is 18.9 Å². The van der Waals surface area contributed by atoms with E-state index in [1.54, 1.807) is 38.6 Å². The smallest absolute Gasteiger partial charge is 0.165 e. The molecule has 8 heteroatoms. The molecule has 1 atom stereocenters. The molecule has 1 saturated heterocycles. The molecule has 2 aromatic carbocycles. The molecule has 4 rings (SSSR count). The average molecular weight is 498 g/mol. The van der Waals surface area contributed by atoms with Crippen molar-refractivity contribution in [3.63, 3.8) is 0 Å². The number of methoxy groups -OCH3 is 2. The Morgan fingerprint density at radius 3 is 2.64 bits per heavy atom. The molecule has 2 heterocycles. The van der Waals surface area contributed by atoms with Crippen LogP contribution in [0.5, 0.6) is 17.2 Å². The van der Waals surface area contributed by atoms with Gasteiger partial charge in [-0.15, -0.1) is 0 Å². The van der Waals surface area contributed by atoms with E-state index in [-0.39, 0.29) is 11.6 Å². The van der Waals surface area contributed by atoms with Crippen molar-refractivity contribution in [2.45, 2.75) is 44.4 Å². The third kappa shape index (κ3) is 6.98. The first-order valence-electron chi connectivity index (χ1n) is 12.5. The Balaban J connectivity index is 1.32. The highest BCUT2D eigenvalue weighted by Gasteiger charge is 2.34. The van der Waals surface area contributed by atoms with Crippen molar-refractivity contribution in [3.8, 4) is 17.2 Å². The summed E-state index contributed by atoms with van der Waals surface area (Å²) in [5.74, 6) is 1.41. The Bertz CT molecular complexity index is 1080. The van der Waals surface area contributed by atoms with Gasteiger partial charge in [0.1, 0.15) is 12.2 Å². The van der Waals surface area contributed by atoms with Crippen LogP contribution in [0.4, 0.5) is 4.39 Å². The lowest BCUT2D eigenvalue weighted by molar-refractivity contribution is -0.0548. The summed E-state index contributed by atoms with van der Waals surface area (Å²) in [6.45, 7) is 4.35. The number of likely N-dealkylation sites (tertiary alicyclic amines) is 1. The summed E-state index contributed by atoms with van der Waals surface area (Å²) >= 11 is 0. The molecule has 0 aliphatic carbocycles. The van der Waals surface area contributed by atoms with Crippen LogP contribution < -0.4 is 14.2 Å². The van der Waals surface area contributed by atoms with Crippen molar-refractivity contribution < 1.29 is 23.3 Å². The van der Waals surface area contributed by atoms with Gasteiger partial charge in [0, 0.05) is 45.6 Å². The lowest BCUT2D eigenvalue weighted by Crippen LogP contribution is -2.39. The summed E-state index contributed by atoms with van der Waals surface area (Å²) in [7, 11) is 3.38. The molecule has 0 saturated carbocycles. The Morgan fingerprint density at radius 1 is 0.972 bits per heavy atom. The molecular formula is C28H36FN3O4. The monoisotopic (exact) mass is 497 g/mol. The molecule has 0 spiro atoms. The summed E-state index contributed by atoms with van der Waals surface area (Å²) in [4.78, 5) is 2.42. The number of aryl methyl sites for hydroxylation is 1. The first kappa shape index (κ1) is 26.0. The summed E-state index contributed by atoms with van der Waals surface area (Å²) in [6.07, 6.45) is 7.24. The summed E-state index contributed by atoms with van der Waals surface area (Å²) in [5, 5.41) is 4.23. The fraction of sp³-hybridized carbons (Fsp3) is 0.464. The number of benzene rings is 2. The zero-order valence-electron chi connectivity index (χ0n) is 21.2. The van der Waals surface area contributed by atoms with E-state index in [0.29, 0.717) is 13.2 Å². The van der Waals surface area contributed by atoms with E-state index in [1.165, 1.54) is 11.6 Å². The van der Waals surface area contributed by atoms with Gasteiger partial charge in [0.05, 0.1) is 13.7 Å². The van der Waals surface area contributed by atoms with Crippen LogP contribution in [0.15, 0.2) is 60.9 Å². The van der Waals surface area contributed by atoms with Crippen molar-refractivity contribution in [1.82, 2.24) is 14.7 Å². The standard InChI is InChI=1S/C28H36FN3O4/c1-33-26-11-10-23(20-27(26)35-19-7-17-32-16-6-14-30-32)21-31-15-5-12-28(34-2,13-18-31)22-36-25-9-4-3-8-24(25)29/h3-4,6,8-11,14,16,20H,5,7,12-13,15,17-19,21-22H2,1-2H3. The van der Waals surface area contributed by atoms with Gasteiger partial charge in [0.2, 0.25) is 0 Å². The molecule has 36 heavy (non-hydrogen) atoms. The maximum atomic E-state index is 14.0. The van der Waals surface area contributed by atoms with Gasteiger partial charge in [-0.3, -0.25) is 9.58 Å². The minimum Gasteiger partial charge on any atom is -0.493 e. The predicted octanol–water partition coefficient (Wildman–Crippen LogP) is 4.95. The second-order valence-corrected chi connectivity index (χ2v) is 9.19. The van der Waals surface area contributed by atoms with Crippen molar-refractivity contribution in [2.24, 2.45) is 0 Å². The van der Waals surface area contributed by atoms with Crippen LogP contribution >= 0.6 is 0 Å². The van der Waals surface area contributed by atoms with E-state index >= 15 is 0 Å². The largest absolute Gasteiger partial charge is 0.493 e. The maximum absolute atomic E-state index is 14.0. The van der Waals surface area contributed by atoms with Crippen molar-refractivity contribution >= 4 is 0 Å². The zero-order valence-corrected chi connectivity index (χ0v) is 21.2. The first-order chi connectivity index (χ1) is 17.6. The van der Waals surface area contributed by atoms with E-state index in [2.05, 4.69) is 22.1 Å². The van der Waals surface area contributed by atoms with Crippen LogP contribution in [-0.2, 0) is 17.8 Å².